The Balaban J connectivity index is 2.31. The summed E-state index contributed by atoms with van der Waals surface area (Å²) in [6.45, 7) is 1.48. The minimum Gasteiger partial charge on any atom is -0.469 e. The third kappa shape index (κ3) is 1.38. The number of carbonyl (C=O) groups excluding carboxylic acids is 1. The van der Waals surface area contributed by atoms with E-state index < -0.39 is 0 Å². The highest BCUT2D eigenvalue weighted by Gasteiger charge is 2.30. The summed E-state index contributed by atoms with van der Waals surface area (Å²) in [7, 11) is 2.31. The number of methoxy groups -OCH3 is 1. The Labute approximate surface area is 63.1 Å². The van der Waals surface area contributed by atoms with E-state index in [4.69, 9.17) is 4.74 Å². The van der Waals surface area contributed by atoms with E-state index in [9.17, 15) is 4.79 Å². The molecule has 0 aromatic rings. The van der Waals surface area contributed by atoms with Gasteiger partial charge < -0.3 is 9.47 Å². The minimum atomic E-state index is -0.0695. The van der Waals surface area contributed by atoms with Crippen molar-refractivity contribution in [3.63, 3.8) is 0 Å². The summed E-state index contributed by atoms with van der Waals surface area (Å²) in [6.07, 6.45) is 0. The Hall–Kier alpha value is -0.353. The van der Waals surface area contributed by atoms with Gasteiger partial charge in [-0.3, -0.25) is 4.79 Å². The first-order valence-corrected chi connectivity index (χ1v) is 4.56. The molecule has 1 heterocycles. The molecular weight excluding hydrogens is 148 g/mol. The molecule has 1 unspecified atom stereocenters. The lowest BCUT2D eigenvalue weighted by Gasteiger charge is -2.29. The highest BCUT2D eigenvalue weighted by Crippen LogP contribution is 2.23. The van der Waals surface area contributed by atoms with Gasteiger partial charge in [0.1, 0.15) is 0 Å². The van der Waals surface area contributed by atoms with Crippen molar-refractivity contribution in [3.05, 3.63) is 0 Å². The van der Waals surface area contributed by atoms with Crippen LogP contribution in [0, 0.1) is 5.92 Å². The zero-order valence-electron chi connectivity index (χ0n) is 6.29. The van der Waals surface area contributed by atoms with Crippen LogP contribution in [0.2, 0.25) is 5.54 Å². The lowest BCUT2D eigenvalue weighted by atomic mass is 10.0. The van der Waals surface area contributed by atoms with Crippen molar-refractivity contribution in [2.45, 2.75) is 5.54 Å². The molecule has 1 atom stereocenters. The van der Waals surface area contributed by atoms with Crippen LogP contribution < -0.4 is 0 Å². The predicted molar refractivity (Wildman–Crippen MR) is 40.0 cm³/mol. The molecule has 0 bridgehead atoms. The summed E-state index contributed by atoms with van der Waals surface area (Å²) in [5.41, 5.74) is 0.138. The molecule has 1 rings (SSSR count). The molecule has 0 amide bonds. The van der Waals surface area contributed by atoms with E-state index in [0.29, 0.717) is 5.92 Å². The summed E-state index contributed by atoms with van der Waals surface area (Å²) in [5, 5.41) is 0. The van der Waals surface area contributed by atoms with Crippen LogP contribution in [0.3, 0.4) is 0 Å². The molecule has 0 aliphatic carbocycles. The number of ether oxygens (including phenoxy) is 2. The Morgan fingerprint density at radius 1 is 1.80 bits per heavy atom. The second kappa shape index (κ2) is 3.16. The maximum Gasteiger partial charge on any atom is 0.305 e. The largest absolute Gasteiger partial charge is 0.469 e. The first kappa shape index (κ1) is 7.75. The van der Waals surface area contributed by atoms with E-state index in [1.807, 2.05) is 0 Å². The number of rotatable bonds is 2. The van der Waals surface area contributed by atoms with Gasteiger partial charge in [-0.1, -0.05) is 0 Å². The topological polar surface area (TPSA) is 35.5 Å². The second-order valence-electron chi connectivity index (χ2n) is 2.61. The van der Waals surface area contributed by atoms with Gasteiger partial charge >= 0.3 is 5.97 Å². The predicted octanol–water partition coefficient (Wildman–Crippen LogP) is -1.04. The Bertz CT molecular complexity index is 133. The summed E-state index contributed by atoms with van der Waals surface area (Å²) in [5.74, 6) is 0.374. The molecule has 0 spiro atoms. The molecule has 10 heavy (non-hydrogen) atoms. The van der Waals surface area contributed by atoms with Gasteiger partial charge in [-0.15, -0.1) is 0 Å². The van der Waals surface area contributed by atoms with Crippen molar-refractivity contribution < 1.29 is 14.3 Å². The Kier molecular flexibility index (Phi) is 2.45. The third-order valence-electron chi connectivity index (χ3n) is 1.94. The van der Waals surface area contributed by atoms with Crippen LogP contribution in [0.1, 0.15) is 0 Å². The van der Waals surface area contributed by atoms with Gasteiger partial charge in [0.15, 0.2) is 0 Å². The number of esters is 1. The Morgan fingerprint density at radius 3 is 2.70 bits per heavy atom. The van der Waals surface area contributed by atoms with Gasteiger partial charge in [0.25, 0.3) is 0 Å². The smallest absolute Gasteiger partial charge is 0.305 e. The lowest BCUT2D eigenvalue weighted by Crippen LogP contribution is -2.35. The Morgan fingerprint density at radius 2 is 2.40 bits per heavy atom. The quantitative estimate of drug-likeness (QED) is 0.382. The summed E-state index contributed by atoms with van der Waals surface area (Å²) in [4.78, 5) is 10.9. The van der Waals surface area contributed by atoms with Crippen molar-refractivity contribution in [2.24, 2.45) is 5.92 Å². The summed E-state index contributed by atoms with van der Waals surface area (Å²) < 4.78 is 9.57. The van der Waals surface area contributed by atoms with Gasteiger partial charge in [-0.05, 0) is 0 Å². The fourth-order valence-corrected chi connectivity index (χ4v) is 1.54. The molecule has 0 aromatic heterocycles. The normalized spacial score (nSPS) is 21.7. The van der Waals surface area contributed by atoms with Crippen molar-refractivity contribution in [3.8, 4) is 0 Å². The zero-order chi connectivity index (χ0) is 7.56. The fourth-order valence-electron chi connectivity index (χ4n) is 0.921. The summed E-state index contributed by atoms with van der Waals surface area (Å²) >= 11 is 0. The van der Waals surface area contributed by atoms with E-state index in [0.717, 1.165) is 23.5 Å². The highest BCUT2D eigenvalue weighted by atomic mass is 28.1. The summed E-state index contributed by atoms with van der Waals surface area (Å²) in [6, 6.07) is 0. The van der Waals surface area contributed by atoms with Crippen LogP contribution >= 0.6 is 0 Å². The van der Waals surface area contributed by atoms with E-state index in [1.165, 1.54) is 7.11 Å². The molecule has 1 fully saturated rings. The third-order valence-corrected chi connectivity index (χ3v) is 3.36. The molecule has 3 nitrogen and oxygen atoms in total. The van der Waals surface area contributed by atoms with Crippen LogP contribution in [0.5, 0.6) is 0 Å². The number of hydrogen-bond acceptors (Lipinski definition) is 3. The van der Waals surface area contributed by atoms with Gasteiger partial charge in [0.2, 0.25) is 0 Å². The zero-order valence-corrected chi connectivity index (χ0v) is 8.29. The van der Waals surface area contributed by atoms with Crippen LogP contribution in [0.15, 0.2) is 0 Å². The molecule has 1 saturated heterocycles. The monoisotopic (exact) mass is 160 g/mol. The minimum absolute atomic E-state index is 0.0695. The molecule has 0 aromatic carbocycles. The maximum atomic E-state index is 10.9. The molecule has 58 valence electrons. The van der Waals surface area contributed by atoms with E-state index >= 15 is 0 Å². The maximum absolute atomic E-state index is 10.9. The van der Waals surface area contributed by atoms with Gasteiger partial charge in [-0.2, -0.15) is 0 Å². The highest BCUT2D eigenvalue weighted by molar-refractivity contribution is 6.22. The first-order chi connectivity index (χ1) is 4.75. The first-order valence-electron chi connectivity index (χ1n) is 3.41. The van der Waals surface area contributed by atoms with Gasteiger partial charge in [0, 0.05) is 21.7 Å². The van der Waals surface area contributed by atoms with Crippen LogP contribution in [0.4, 0.5) is 0 Å². The second-order valence-corrected chi connectivity index (χ2v) is 3.85. The lowest BCUT2D eigenvalue weighted by molar-refractivity contribution is -0.145. The molecule has 1 aliphatic rings. The number of hydrogen-bond donors (Lipinski definition) is 0. The van der Waals surface area contributed by atoms with Crippen molar-refractivity contribution in [1.82, 2.24) is 0 Å². The van der Waals surface area contributed by atoms with Crippen LogP contribution in [-0.2, 0) is 14.3 Å². The fraction of sp³-hybridized carbons (Fsp3) is 0.833. The van der Waals surface area contributed by atoms with Crippen LogP contribution in [-0.4, -0.2) is 36.5 Å². The molecule has 1 aliphatic heterocycles. The van der Waals surface area contributed by atoms with Crippen molar-refractivity contribution in [1.29, 1.82) is 0 Å². The van der Waals surface area contributed by atoms with Crippen LogP contribution in [0.25, 0.3) is 0 Å². The van der Waals surface area contributed by atoms with Gasteiger partial charge in [-0.25, -0.2) is 0 Å². The van der Waals surface area contributed by atoms with E-state index in [2.05, 4.69) is 4.74 Å². The van der Waals surface area contributed by atoms with E-state index in [1.54, 1.807) is 0 Å². The van der Waals surface area contributed by atoms with Crippen molar-refractivity contribution in [2.75, 3.05) is 20.3 Å². The molecular formula is C6H12O3Si. The average molecular weight is 160 g/mol. The SMILES string of the molecule is COC(=O)C([SiH3])C1COC1. The van der Waals surface area contributed by atoms with E-state index in [-0.39, 0.29) is 11.5 Å². The average Bonchev–Trinajstić information content (AvgIpc) is 1.82. The molecule has 0 saturated carbocycles. The van der Waals surface area contributed by atoms with Gasteiger partial charge in [0.05, 0.1) is 20.3 Å². The van der Waals surface area contributed by atoms with Crippen molar-refractivity contribution >= 4 is 16.2 Å². The molecule has 0 radical (unpaired) electrons. The standard InChI is InChI=1S/C6H12O3Si/c1-8-6(7)5(10)4-2-9-3-4/h4-5H,2-3H2,1,10H3. The number of carbonyl (C=O) groups is 1. The molecule has 4 heteroatoms. The molecule has 0 N–H and O–H groups in total.